The predicted octanol–water partition coefficient (Wildman–Crippen LogP) is 3.41. The smallest absolute Gasteiger partial charge is 0.0594 e. The normalized spacial score (nSPS) is 19.8. The molecule has 100 valence electrons. The van der Waals surface area contributed by atoms with Crippen molar-refractivity contribution < 1.29 is 4.74 Å². The van der Waals surface area contributed by atoms with Crippen molar-refractivity contribution in [2.45, 2.75) is 33.7 Å². The van der Waals surface area contributed by atoms with Gasteiger partial charge in [0.1, 0.15) is 0 Å². The summed E-state index contributed by atoms with van der Waals surface area (Å²) in [5.41, 5.74) is 3.00. The molecule has 2 heteroatoms. The van der Waals surface area contributed by atoms with Crippen LogP contribution in [0.15, 0.2) is 24.3 Å². The van der Waals surface area contributed by atoms with Gasteiger partial charge < -0.3 is 4.74 Å². The molecule has 0 aliphatic carbocycles. The minimum absolute atomic E-state index is 0.243. The van der Waals surface area contributed by atoms with Crippen molar-refractivity contribution in [1.82, 2.24) is 4.90 Å². The zero-order valence-electron chi connectivity index (χ0n) is 12.1. The largest absolute Gasteiger partial charge is 0.379 e. The maximum absolute atomic E-state index is 5.48. The van der Waals surface area contributed by atoms with Gasteiger partial charge in [-0.1, -0.05) is 50.6 Å². The third-order valence-corrected chi connectivity index (χ3v) is 3.62. The Bertz CT molecular complexity index is 371. The number of rotatable bonds is 2. The van der Waals surface area contributed by atoms with E-state index >= 15 is 0 Å². The molecular formula is C16H25NO. The van der Waals surface area contributed by atoms with Crippen LogP contribution in [-0.2, 0) is 4.74 Å². The van der Waals surface area contributed by atoms with Crippen LogP contribution in [-0.4, -0.2) is 31.2 Å². The zero-order chi connectivity index (χ0) is 13.2. The van der Waals surface area contributed by atoms with Crippen LogP contribution in [0.4, 0.5) is 0 Å². The highest BCUT2D eigenvalue weighted by Gasteiger charge is 2.32. The fourth-order valence-electron chi connectivity index (χ4n) is 2.84. The molecule has 1 aliphatic heterocycles. The first-order chi connectivity index (χ1) is 8.48. The van der Waals surface area contributed by atoms with Crippen molar-refractivity contribution in [1.29, 1.82) is 0 Å². The zero-order valence-corrected chi connectivity index (χ0v) is 12.1. The molecule has 0 N–H and O–H groups in total. The molecule has 18 heavy (non-hydrogen) atoms. The Labute approximate surface area is 111 Å². The Hall–Kier alpha value is -0.860. The number of morpholine rings is 1. The lowest BCUT2D eigenvalue weighted by Crippen LogP contribution is -2.43. The number of aryl methyl sites for hydroxylation is 1. The minimum Gasteiger partial charge on any atom is -0.379 e. The molecule has 2 nitrogen and oxygen atoms in total. The average Bonchev–Trinajstić information content (AvgIpc) is 2.32. The summed E-state index contributed by atoms with van der Waals surface area (Å²) < 4.78 is 5.48. The van der Waals surface area contributed by atoms with E-state index in [1.165, 1.54) is 11.1 Å². The van der Waals surface area contributed by atoms with E-state index in [0.717, 1.165) is 26.3 Å². The van der Waals surface area contributed by atoms with Gasteiger partial charge >= 0.3 is 0 Å². The average molecular weight is 247 g/mol. The number of benzene rings is 1. The molecule has 0 bridgehead atoms. The molecule has 1 unspecified atom stereocenters. The molecule has 1 fully saturated rings. The molecule has 1 heterocycles. The highest BCUT2D eigenvalue weighted by atomic mass is 16.5. The molecule has 2 rings (SSSR count). The van der Waals surface area contributed by atoms with E-state index in [1.807, 2.05) is 0 Å². The van der Waals surface area contributed by atoms with Gasteiger partial charge in [0.2, 0.25) is 0 Å². The Morgan fingerprint density at radius 1 is 1.06 bits per heavy atom. The summed E-state index contributed by atoms with van der Waals surface area (Å²) in [6, 6.07) is 9.46. The van der Waals surface area contributed by atoms with E-state index in [-0.39, 0.29) is 5.41 Å². The number of ether oxygens (including phenoxy) is 1. The monoisotopic (exact) mass is 247 g/mol. The molecule has 0 aromatic heterocycles. The van der Waals surface area contributed by atoms with E-state index in [2.05, 4.69) is 56.9 Å². The van der Waals surface area contributed by atoms with E-state index in [1.54, 1.807) is 0 Å². The number of hydrogen-bond acceptors (Lipinski definition) is 2. The van der Waals surface area contributed by atoms with Gasteiger partial charge in [0.15, 0.2) is 0 Å². The third kappa shape index (κ3) is 3.12. The SMILES string of the molecule is Cc1ccc(C(N2CCOCC2)C(C)(C)C)cc1. The van der Waals surface area contributed by atoms with Crippen LogP contribution < -0.4 is 0 Å². The van der Waals surface area contributed by atoms with Crippen molar-refractivity contribution in [3.05, 3.63) is 35.4 Å². The van der Waals surface area contributed by atoms with Crippen LogP contribution in [0.5, 0.6) is 0 Å². The summed E-state index contributed by atoms with van der Waals surface area (Å²) in [6.45, 7) is 12.9. The van der Waals surface area contributed by atoms with Crippen LogP contribution in [0.2, 0.25) is 0 Å². The fourth-order valence-corrected chi connectivity index (χ4v) is 2.84. The van der Waals surface area contributed by atoms with Crippen LogP contribution in [0, 0.1) is 12.3 Å². The van der Waals surface area contributed by atoms with E-state index in [9.17, 15) is 0 Å². The van der Waals surface area contributed by atoms with Crippen molar-refractivity contribution in [3.8, 4) is 0 Å². The van der Waals surface area contributed by atoms with E-state index in [0.29, 0.717) is 6.04 Å². The molecule has 0 saturated carbocycles. The Morgan fingerprint density at radius 2 is 1.61 bits per heavy atom. The Balaban J connectivity index is 2.27. The van der Waals surface area contributed by atoms with Gasteiger partial charge in [0.25, 0.3) is 0 Å². The second-order valence-electron chi connectivity index (χ2n) is 6.33. The number of hydrogen-bond donors (Lipinski definition) is 0. The summed E-state index contributed by atoms with van der Waals surface area (Å²) >= 11 is 0. The maximum atomic E-state index is 5.48. The first-order valence-corrected chi connectivity index (χ1v) is 6.87. The lowest BCUT2D eigenvalue weighted by molar-refractivity contribution is -0.0113. The number of nitrogens with zero attached hydrogens (tertiary/aromatic N) is 1. The van der Waals surface area contributed by atoms with Crippen LogP contribution in [0.1, 0.15) is 37.9 Å². The summed E-state index contributed by atoms with van der Waals surface area (Å²) in [7, 11) is 0. The van der Waals surface area contributed by atoms with Crippen molar-refractivity contribution in [2.24, 2.45) is 5.41 Å². The molecular weight excluding hydrogens is 222 g/mol. The minimum atomic E-state index is 0.243. The molecule has 1 saturated heterocycles. The topological polar surface area (TPSA) is 12.5 Å². The Morgan fingerprint density at radius 3 is 2.11 bits per heavy atom. The molecule has 1 aromatic rings. The van der Waals surface area contributed by atoms with Crippen LogP contribution in [0.25, 0.3) is 0 Å². The van der Waals surface area contributed by atoms with Gasteiger partial charge in [-0.3, -0.25) is 4.90 Å². The second-order valence-corrected chi connectivity index (χ2v) is 6.33. The molecule has 1 aromatic carbocycles. The standard InChI is InChI=1S/C16H25NO/c1-13-5-7-14(8-6-13)15(16(2,3)4)17-9-11-18-12-10-17/h5-8,15H,9-12H2,1-4H3. The van der Waals surface area contributed by atoms with Gasteiger partial charge in [0, 0.05) is 19.1 Å². The van der Waals surface area contributed by atoms with E-state index < -0.39 is 0 Å². The van der Waals surface area contributed by atoms with Crippen molar-refractivity contribution in [2.75, 3.05) is 26.3 Å². The molecule has 1 atom stereocenters. The first kappa shape index (κ1) is 13.6. The van der Waals surface area contributed by atoms with Crippen LogP contribution >= 0.6 is 0 Å². The van der Waals surface area contributed by atoms with Gasteiger partial charge in [-0.25, -0.2) is 0 Å². The first-order valence-electron chi connectivity index (χ1n) is 6.87. The highest BCUT2D eigenvalue weighted by molar-refractivity contribution is 5.25. The Kier molecular flexibility index (Phi) is 4.08. The second kappa shape index (κ2) is 5.41. The molecule has 0 amide bonds. The van der Waals surface area contributed by atoms with Gasteiger partial charge in [-0.2, -0.15) is 0 Å². The lowest BCUT2D eigenvalue weighted by atomic mass is 9.81. The molecule has 0 radical (unpaired) electrons. The predicted molar refractivity (Wildman–Crippen MR) is 75.8 cm³/mol. The fraction of sp³-hybridized carbons (Fsp3) is 0.625. The highest BCUT2D eigenvalue weighted by Crippen LogP contribution is 2.38. The molecule has 0 spiro atoms. The maximum Gasteiger partial charge on any atom is 0.0594 e. The van der Waals surface area contributed by atoms with Gasteiger partial charge in [-0.05, 0) is 17.9 Å². The van der Waals surface area contributed by atoms with Crippen molar-refractivity contribution in [3.63, 3.8) is 0 Å². The summed E-state index contributed by atoms with van der Waals surface area (Å²) in [6.07, 6.45) is 0. The van der Waals surface area contributed by atoms with Gasteiger partial charge in [0.05, 0.1) is 13.2 Å². The molecule has 1 aliphatic rings. The van der Waals surface area contributed by atoms with Crippen molar-refractivity contribution >= 4 is 0 Å². The lowest BCUT2D eigenvalue weighted by Gasteiger charge is -2.42. The van der Waals surface area contributed by atoms with E-state index in [4.69, 9.17) is 4.74 Å². The third-order valence-electron chi connectivity index (χ3n) is 3.62. The summed E-state index contributed by atoms with van der Waals surface area (Å²) in [5, 5.41) is 0. The summed E-state index contributed by atoms with van der Waals surface area (Å²) in [5.74, 6) is 0. The summed E-state index contributed by atoms with van der Waals surface area (Å²) in [4.78, 5) is 2.56. The van der Waals surface area contributed by atoms with Gasteiger partial charge in [-0.15, -0.1) is 0 Å². The van der Waals surface area contributed by atoms with Crippen LogP contribution in [0.3, 0.4) is 0 Å². The quantitative estimate of drug-likeness (QED) is 0.794.